The highest BCUT2D eigenvalue weighted by Crippen LogP contribution is 2.08. The number of hydrogen-bond acceptors (Lipinski definition) is 5. The van der Waals surface area contributed by atoms with E-state index in [4.69, 9.17) is 5.21 Å². The predicted molar refractivity (Wildman–Crippen MR) is 48.8 cm³/mol. The molecule has 1 rings (SSSR count). The second-order valence-electron chi connectivity index (χ2n) is 1.82. The first-order valence-electron chi connectivity index (χ1n) is 2.98. The Labute approximate surface area is 73.2 Å². The van der Waals surface area contributed by atoms with E-state index < -0.39 is 0 Å². The Hall–Kier alpha value is -0.550. The Morgan fingerprint density at radius 3 is 3.18 bits per heavy atom. The van der Waals surface area contributed by atoms with Crippen molar-refractivity contribution in [3.63, 3.8) is 0 Å². The van der Waals surface area contributed by atoms with Gasteiger partial charge in [-0.3, -0.25) is 0 Å². The zero-order chi connectivity index (χ0) is 8.10. The van der Waals surface area contributed by atoms with Crippen molar-refractivity contribution < 1.29 is 5.21 Å². The second-order valence-corrected chi connectivity index (χ2v) is 3.58. The fourth-order valence-corrected chi connectivity index (χ4v) is 1.82. The normalized spacial score (nSPS) is 11.9. The lowest BCUT2D eigenvalue weighted by molar-refractivity contribution is 0.319. The zero-order valence-electron chi connectivity index (χ0n) is 6.02. The Kier molecular flexibility index (Phi) is 3.38. The van der Waals surface area contributed by atoms with Gasteiger partial charge in [-0.05, 0) is 6.26 Å². The topological polar surface area (TPSA) is 45.5 Å². The fourth-order valence-electron chi connectivity index (χ4n) is 0.636. The predicted octanol–water partition coefficient (Wildman–Crippen LogP) is 1.68. The minimum atomic E-state index is 0.646. The van der Waals surface area contributed by atoms with E-state index in [-0.39, 0.29) is 0 Å². The molecule has 1 aromatic rings. The first-order valence-corrected chi connectivity index (χ1v) is 5.25. The zero-order valence-corrected chi connectivity index (χ0v) is 7.65. The first-order chi connectivity index (χ1) is 5.38. The molecule has 60 valence electrons. The average Bonchev–Trinajstić information content (AvgIpc) is 2.52. The Bertz CT molecular complexity index is 233. The van der Waals surface area contributed by atoms with Crippen molar-refractivity contribution in [1.82, 2.24) is 4.98 Å². The van der Waals surface area contributed by atoms with Gasteiger partial charge in [-0.1, -0.05) is 5.16 Å². The van der Waals surface area contributed by atoms with E-state index in [1.807, 2.05) is 11.6 Å². The summed E-state index contributed by atoms with van der Waals surface area (Å²) in [4.78, 5) is 4.02. The van der Waals surface area contributed by atoms with Crippen molar-refractivity contribution in [3.05, 3.63) is 16.6 Å². The van der Waals surface area contributed by atoms with Crippen molar-refractivity contribution in [1.29, 1.82) is 0 Å². The largest absolute Gasteiger partial charge is 0.411 e. The molecule has 3 nitrogen and oxygen atoms in total. The van der Waals surface area contributed by atoms with Crippen molar-refractivity contribution in [2.24, 2.45) is 5.16 Å². The van der Waals surface area contributed by atoms with Crippen LogP contribution in [0.4, 0.5) is 0 Å². The molecular formula is C6H8N2OS2. The van der Waals surface area contributed by atoms with E-state index in [1.54, 1.807) is 18.0 Å². The molecule has 1 N–H and O–H groups in total. The van der Waals surface area contributed by atoms with Gasteiger partial charge in [0.25, 0.3) is 0 Å². The molecule has 0 radical (unpaired) electrons. The third kappa shape index (κ3) is 2.20. The lowest BCUT2D eigenvalue weighted by atomic mass is 10.4. The Balaban J connectivity index is 2.72. The van der Waals surface area contributed by atoms with E-state index in [2.05, 4.69) is 10.1 Å². The highest BCUT2D eigenvalue weighted by molar-refractivity contribution is 7.99. The summed E-state index contributed by atoms with van der Waals surface area (Å²) in [5.74, 6) is 0.698. The molecule has 0 aliphatic rings. The number of oxime groups is 1. The number of thioether (sulfide) groups is 1. The molecule has 0 bridgehead atoms. The van der Waals surface area contributed by atoms with Crippen LogP contribution in [0.15, 0.2) is 16.7 Å². The number of hydrogen-bond donors (Lipinski definition) is 1. The van der Waals surface area contributed by atoms with E-state index in [0.717, 1.165) is 5.01 Å². The van der Waals surface area contributed by atoms with Crippen LogP contribution in [0, 0.1) is 0 Å². The van der Waals surface area contributed by atoms with Crippen LogP contribution in [0.5, 0.6) is 0 Å². The monoisotopic (exact) mass is 188 g/mol. The van der Waals surface area contributed by atoms with Crippen LogP contribution in [0.2, 0.25) is 0 Å². The summed E-state index contributed by atoms with van der Waals surface area (Å²) >= 11 is 3.09. The van der Waals surface area contributed by atoms with E-state index in [0.29, 0.717) is 11.5 Å². The standard InChI is InChI=1S/C6H8N2OS2/c1-10-4-5(8-9)6-7-2-3-11-6/h2-3,9H,4H2,1H3/b8-5-. The van der Waals surface area contributed by atoms with Gasteiger partial charge in [0.2, 0.25) is 0 Å². The Morgan fingerprint density at radius 1 is 1.91 bits per heavy atom. The van der Waals surface area contributed by atoms with Crippen LogP contribution in [0.3, 0.4) is 0 Å². The highest BCUT2D eigenvalue weighted by atomic mass is 32.2. The second kappa shape index (κ2) is 4.35. The quantitative estimate of drug-likeness (QED) is 0.446. The van der Waals surface area contributed by atoms with Crippen molar-refractivity contribution in [2.45, 2.75) is 0 Å². The molecule has 1 aromatic heterocycles. The average molecular weight is 188 g/mol. The van der Waals surface area contributed by atoms with Crippen molar-refractivity contribution in [2.75, 3.05) is 12.0 Å². The molecule has 0 amide bonds. The van der Waals surface area contributed by atoms with Crippen molar-refractivity contribution in [3.8, 4) is 0 Å². The van der Waals surface area contributed by atoms with E-state index >= 15 is 0 Å². The molecule has 5 heteroatoms. The number of aromatic nitrogens is 1. The van der Waals surface area contributed by atoms with Gasteiger partial charge in [-0.15, -0.1) is 11.3 Å². The van der Waals surface area contributed by atoms with Gasteiger partial charge in [0, 0.05) is 17.3 Å². The van der Waals surface area contributed by atoms with Gasteiger partial charge in [0.1, 0.15) is 10.7 Å². The van der Waals surface area contributed by atoms with Gasteiger partial charge in [0.05, 0.1) is 0 Å². The molecule has 0 aliphatic carbocycles. The molecule has 0 atom stereocenters. The maximum absolute atomic E-state index is 8.57. The Morgan fingerprint density at radius 2 is 2.73 bits per heavy atom. The van der Waals surface area contributed by atoms with Crippen LogP contribution >= 0.6 is 23.1 Å². The SMILES string of the molecule is CSC/C(=N/O)c1nccs1. The van der Waals surface area contributed by atoms with Gasteiger partial charge in [0.15, 0.2) is 0 Å². The van der Waals surface area contributed by atoms with Crippen LogP contribution in [0.1, 0.15) is 5.01 Å². The van der Waals surface area contributed by atoms with Crippen LogP contribution in [-0.2, 0) is 0 Å². The maximum Gasteiger partial charge on any atom is 0.141 e. The summed E-state index contributed by atoms with van der Waals surface area (Å²) in [7, 11) is 0. The van der Waals surface area contributed by atoms with Crippen LogP contribution in [-0.4, -0.2) is 27.9 Å². The van der Waals surface area contributed by atoms with Gasteiger partial charge < -0.3 is 5.21 Å². The summed E-state index contributed by atoms with van der Waals surface area (Å²) in [6.45, 7) is 0. The van der Waals surface area contributed by atoms with Gasteiger partial charge in [-0.25, -0.2) is 4.98 Å². The molecule has 1 heterocycles. The minimum Gasteiger partial charge on any atom is -0.411 e. The molecule has 0 saturated heterocycles. The maximum atomic E-state index is 8.57. The van der Waals surface area contributed by atoms with Gasteiger partial charge >= 0.3 is 0 Å². The van der Waals surface area contributed by atoms with E-state index in [9.17, 15) is 0 Å². The summed E-state index contributed by atoms with van der Waals surface area (Å²) in [5, 5.41) is 14.4. The van der Waals surface area contributed by atoms with Crippen LogP contribution < -0.4 is 0 Å². The molecule has 0 unspecified atom stereocenters. The molecule has 0 spiro atoms. The highest BCUT2D eigenvalue weighted by Gasteiger charge is 2.04. The number of nitrogens with zero attached hydrogens (tertiary/aromatic N) is 2. The van der Waals surface area contributed by atoms with Crippen LogP contribution in [0.25, 0.3) is 0 Å². The van der Waals surface area contributed by atoms with Crippen molar-refractivity contribution >= 4 is 28.8 Å². The fraction of sp³-hybridized carbons (Fsp3) is 0.333. The summed E-state index contributed by atoms with van der Waals surface area (Å²) in [6.07, 6.45) is 3.66. The summed E-state index contributed by atoms with van der Waals surface area (Å²) in [5.41, 5.74) is 0.646. The smallest absolute Gasteiger partial charge is 0.141 e. The van der Waals surface area contributed by atoms with E-state index in [1.165, 1.54) is 11.3 Å². The molecule has 11 heavy (non-hydrogen) atoms. The number of rotatable bonds is 3. The lowest BCUT2D eigenvalue weighted by Crippen LogP contribution is -2.02. The van der Waals surface area contributed by atoms with Gasteiger partial charge in [-0.2, -0.15) is 11.8 Å². The third-order valence-corrected chi connectivity index (χ3v) is 2.47. The molecule has 0 aliphatic heterocycles. The molecule has 0 aromatic carbocycles. The third-order valence-electron chi connectivity index (χ3n) is 1.08. The molecular weight excluding hydrogens is 180 g/mol. The number of thiazole rings is 1. The minimum absolute atomic E-state index is 0.646. The molecule has 0 saturated carbocycles. The lowest BCUT2D eigenvalue weighted by Gasteiger charge is -1.95. The summed E-state index contributed by atoms with van der Waals surface area (Å²) < 4.78 is 0. The summed E-state index contributed by atoms with van der Waals surface area (Å²) in [6, 6.07) is 0. The first kappa shape index (κ1) is 8.55. The molecule has 0 fully saturated rings.